The molecule has 7 heavy (non-hydrogen) atoms. The summed E-state index contributed by atoms with van der Waals surface area (Å²) in [6, 6.07) is 0. The third-order valence-corrected chi connectivity index (χ3v) is 0. The Bertz CT molecular complexity index is 4.14. The maximum atomic E-state index is 3.25. The first-order chi connectivity index (χ1) is 3.00. The Labute approximate surface area is 59.4 Å². The molecule has 0 bridgehead atoms. The minimum Gasteiger partial charge on any atom is -0.346 e. The average Bonchev–Trinajstić information content (AvgIpc) is 1.81. The van der Waals surface area contributed by atoms with E-state index in [1.165, 1.54) is 0 Å². The molecule has 0 aliphatic carbocycles. The van der Waals surface area contributed by atoms with Gasteiger partial charge in [-0.15, -0.1) is 0 Å². The molecular formula is C6H15Cr. The summed E-state index contributed by atoms with van der Waals surface area (Å²) in [7, 11) is 0. The molecule has 0 rings (SSSR count). The summed E-state index contributed by atoms with van der Waals surface area (Å²) in [6.45, 7) is 15.0. The Morgan fingerprint density at radius 3 is 0.571 bits per heavy atom. The Morgan fingerprint density at radius 1 is 0.571 bits per heavy atom. The monoisotopic (exact) mass is 139 g/mol. The van der Waals surface area contributed by atoms with Crippen molar-refractivity contribution in [3.63, 3.8) is 0 Å². The van der Waals surface area contributed by atoms with Gasteiger partial charge in [-0.25, -0.2) is 0 Å². The third kappa shape index (κ3) is 473. The van der Waals surface area contributed by atoms with Crippen LogP contribution in [0.3, 0.4) is 0 Å². The van der Waals surface area contributed by atoms with E-state index < -0.39 is 0 Å². The van der Waals surface area contributed by atoms with Gasteiger partial charge in [0.1, 0.15) is 0 Å². The van der Waals surface area contributed by atoms with E-state index in [9.17, 15) is 0 Å². The molecule has 0 aliphatic heterocycles. The summed E-state index contributed by atoms with van der Waals surface area (Å²) in [5.74, 6) is 0. The molecule has 0 unspecified atom stereocenters. The predicted octanol–water partition coefficient (Wildman–Crippen LogP) is 2.52. The fourth-order valence-electron chi connectivity index (χ4n) is 0. The number of rotatable bonds is 0. The fourth-order valence-corrected chi connectivity index (χ4v) is 0. The SMILES string of the molecule is [CH2-]C.[CH2-]C.[CH2-]C.[Cr+3]. The standard InChI is InChI=1S/3C2H5.Cr/c3*1-2;/h3*1H2,2H3;/q3*-1;+3. The van der Waals surface area contributed by atoms with Crippen LogP contribution in [0, 0.1) is 20.8 Å². The summed E-state index contributed by atoms with van der Waals surface area (Å²) in [6.07, 6.45) is 0. The van der Waals surface area contributed by atoms with E-state index in [1.54, 1.807) is 20.8 Å². The Kier molecular flexibility index (Phi) is 2600. The van der Waals surface area contributed by atoms with Gasteiger partial charge in [-0.1, -0.05) is 0 Å². The molecule has 0 aromatic carbocycles. The van der Waals surface area contributed by atoms with Crippen LogP contribution in [-0.2, 0) is 17.4 Å². The van der Waals surface area contributed by atoms with E-state index >= 15 is 0 Å². The van der Waals surface area contributed by atoms with Crippen molar-refractivity contribution in [2.24, 2.45) is 0 Å². The molecule has 0 nitrogen and oxygen atoms in total. The van der Waals surface area contributed by atoms with Crippen LogP contribution in [0.15, 0.2) is 0 Å². The minimum absolute atomic E-state index is 0. The molecule has 0 amide bonds. The van der Waals surface area contributed by atoms with Gasteiger partial charge in [-0.3, -0.25) is 0 Å². The summed E-state index contributed by atoms with van der Waals surface area (Å²) in [4.78, 5) is 0. The normalized spacial score (nSPS) is 2.57. The van der Waals surface area contributed by atoms with Crippen molar-refractivity contribution >= 4 is 0 Å². The molecule has 1 heteroatoms. The smallest absolute Gasteiger partial charge is 0.346 e. The van der Waals surface area contributed by atoms with Gasteiger partial charge >= 0.3 is 17.4 Å². The molecule has 1 radical (unpaired) electrons. The van der Waals surface area contributed by atoms with Crippen LogP contribution in [0.1, 0.15) is 20.8 Å². The van der Waals surface area contributed by atoms with Crippen LogP contribution in [0.5, 0.6) is 0 Å². The van der Waals surface area contributed by atoms with Crippen LogP contribution in [-0.4, -0.2) is 0 Å². The van der Waals surface area contributed by atoms with Crippen LogP contribution in [0.2, 0.25) is 0 Å². The van der Waals surface area contributed by atoms with Crippen molar-refractivity contribution in [2.75, 3.05) is 0 Å². The van der Waals surface area contributed by atoms with Gasteiger partial charge in [-0.05, 0) is 0 Å². The van der Waals surface area contributed by atoms with Gasteiger partial charge in [0.2, 0.25) is 0 Å². The molecule has 0 fully saturated rings. The van der Waals surface area contributed by atoms with E-state index in [1.807, 2.05) is 0 Å². The summed E-state index contributed by atoms with van der Waals surface area (Å²) < 4.78 is 0. The van der Waals surface area contributed by atoms with Crippen molar-refractivity contribution < 1.29 is 17.4 Å². The van der Waals surface area contributed by atoms with Crippen molar-refractivity contribution in [3.8, 4) is 0 Å². The molecule has 0 saturated carbocycles. The third-order valence-electron chi connectivity index (χ3n) is 0. The number of hydrogen-bond donors (Lipinski definition) is 0. The van der Waals surface area contributed by atoms with E-state index in [0.29, 0.717) is 0 Å². The van der Waals surface area contributed by atoms with E-state index in [2.05, 4.69) is 20.8 Å². The maximum Gasteiger partial charge on any atom is 3.00 e. The zero-order valence-electron chi connectivity index (χ0n) is 5.53. The number of hydrogen-bond acceptors (Lipinski definition) is 0. The second-order valence-corrected chi connectivity index (χ2v) is 0. The molecule has 0 N–H and O–H groups in total. The molecule has 0 spiro atoms. The molecule has 0 heterocycles. The predicted molar refractivity (Wildman–Crippen MR) is 33.1 cm³/mol. The molecule has 0 aliphatic rings. The topological polar surface area (TPSA) is 0 Å². The molecule has 0 aromatic rings. The molecule has 0 saturated heterocycles. The van der Waals surface area contributed by atoms with Gasteiger partial charge in [0.05, 0.1) is 0 Å². The second kappa shape index (κ2) is 705. The zero-order chi connectivity index (χ0) is 6.00. The minimum atomic E-state index is 0. The van der Waals surface area contributed by atoms with Gasteiger partial charge in [0.15, 0.2) is 0 Å². The Balaban J connectivity index is -0.00000000900. The Hall–Kier alpha value is 0.532. The quantitative estimate of drug-likeness (QED) is 0.452. The first-order valence-electron chi connectivity index (χ1n) is 2.12. The van der Waals surface area contributed by atoms with Gasteiger partial charge in [-0.2, -0.15) is 20.8 Å². The van der Waals surface area contributed by atoms with Crippen molar-refractivity contribution in [3.05, 3.63) is 20.8 Å². The first-order valence-corrected chi connectivity index (χ1v) is 2.12. The van der Waals surface area contributed by atoms with Crippen molar-refractivity contribution in [1.29, 1.82) is 0 Å². The van der Waals surface area contributed by atoms with E-state index in [-0.39, 0.29) is 17.4 Å². The summed E-state index contributed by atoms with van der Waals surface area (Å²) in [5.41, 5.74) is 0. The zero-order valence-corrected chi connectivity index (χ0v) is 6.80. The van der Waals surface area contributed by atoms with Crippen molar-refractivity contribution in [1.82, 2.24) is 0 Å². The van der Waals surface area contributed by atoms with E-state index in [0.717, 1.165) is 0 Å². The van der Waals surface area contributed by atoms with E-state index in [4.69, 9.17) is 0 Å². The van der Waals surface area contributed by atoms with Gasteiger partial charge in [0.25, 0.3) is 0 Å². The molecule has 45 valence electrons. The van der Waals surface area contributed by atoms with Crippen molar-refractivity contribution in [2.45, 2.75) is 20.8 Å². The van der Waals surface area contributed by atoms with Gasteiger partial charge in [0, 0.05) is 0 Å². The van der Waals surface area contributed by atoms with Crippen LogP contribution in [0.25, 0.3) is 0 Å². The Morgan fingerprint density at radius 2 is 0.571 bits per heavy atom. The summed E-state index contributed by atoms with van der Waals surface area (Å²) in [5, 5.41) is 0. The molecule has 0 atom stereocenters. The van der Waals surface area contributed by atoms with Crippen LogP contribution < -0.4 is 0 Å². The van der Waals surface area contributed by atoms with Crippen LogP contribution >= 0.6 is 0 Å². The second-order valence-electron chi connectivity index (χ2n) is 0. The maximum absolute atomic E-state index is 3.25. The van der Waals surface area contributed by atoms with Crippen LogP contribution in [0.4, 0.5) is 0 Å². The van der Waals surface area contributed by atoms with Gasteiger partial charge < -0.3 is 20.8 Å². The summed E-state index contributed by atoms with van der Waals surface area (Å²) >= 11 is 0. The largest absolute Gasteiger partial charge is 3.00 e. The molecular weight excluding hydrogens is 124 g/mol. The first kappa shape index (κ1) is 25.8. The average molecular weight is 139 g/mol. The molecule has 0 aromatic heterocycles. The fraction of sp³-hybridized carbons (Fsp3) is 0.500.